The molecular formula is C18H23N7O2. The highest BCUT2D eigenvalue weighted by molar-refractivity contribution is 5.74. The van der Waals surface area contributed by atoms with Crippen LogP contribution in [0, 0.1) is 6.57 Å². The fourth-order valence-electron chi connectivity index (χ4n) is 2.84. The molecule has 1 fully saturated rings. The van der Waals surface area contributed by atoms with Crippen molar-refractivity contribution in [3.05, 3.63) is 30.0 Å². The topological polar surface area (TPSA) is 100 Å². The molecule has 0 saturated carbocycles. The number of likely N-dealkylation sites (tertiary alicyclic amines) is 1. The number of hydrogen-bond donors (Lipinski definition) is 2. The van der Waals surface area contributed by atoms with Crippen LogP contribution in [-0.4, -0.2) is 55.9 Å². The van der Waals surface area contributed by atoms with E-state index in [1.165, 1.54) is 6.20 Å². The Morgan fingerprint density at radius 2 is 2.11 bits per heavy atom. The lowest BCUT2D eigenvalue weighted by atomic mass is 10.1. The van der Waals surface area contributed by atoms with Crippen LogP contribution in [0.2, 0.25) is 0 Å². The minimum Gasteiger partial charge on any atom is -0.444 e. The Kier molecular flexibility index (Phi) is 5.26. The molecule has 27 heavy (non-hydrogen) atoms. The summed E-state index contributed by atoms with van der Waals surface area (Å²) in [6.45, 7) is 14.1. The molecule has 9 heteroatoms. The largest absolute Gasteiger partial charge is 0.444 e. The maximum Gasteiger partial charge on any atom is 0.410 e. The maximum absolute atomic E-state index is 12.1. The van der Waals surface area contributed by atoms with Crippen molar-refractivity contribution in [1.82, 2.24) is 25.1 Å². The van der Waals surface area contributed by atoms with Gasteiger partial charge in [0, 0.05) is 37.1 Å². The lowest BCUT2D eigenvalue weighted by Crippen LogP contribution is -2.44. The summed E-state index contributed by atoms with van der Waals surface area (Å²) in [6, 6.07) is 0.152. The number of nitrogens with one attached hydrogen (secondary N) is 2. The van der Waals surface area contributed by atoms with E-state index in [1.54, 1.807) is 17.3 Å². The Morgan fingerprint density at radius 3 is 2.70 bits per heavy atom. The molecule has 0 aliphatic carbocycles. The number of nitrogens with zero attached hydrogens (tertiary/aromatic N) is 5. The van der Waals surface area contributed by atoms with Crippen molar-refractivity contribution in [2.45, 2.75) is 45.3 Å². The van der Waals surface area contributed by atoms with Crippen LogP contribution in [0.25, 0.3) is 16.1 Å². The second-order valence-electron chi connectivity index (χ2n) is 7.41. The molecule has 2 aromatic heterocycles. The van der Waals surface area contributed by atoms with E-state index in [2.05, 4.69) is 30.3 Å². The van der Waals surface area contributed by atoms with Crippen molar-refractivity contribution in [2.75, 3.05) is 18.4 Å². The van der Waals surface area contributed by atoms with Gasteiger partial charge in [-0.15, -0.1) is 0 Å². The molecule has 0 bridgehead atoms. The van der Waals surface area contributed by atoms with E-state index in [1.807, 2.05) is 20.8 Å². The number of aromatic nitrogens is 4. The van der Waals surface area contributed by atoms with Gasteiger partial charge in [0.1, 0.15) is 5.60 Å². The molecule has 1 saturated heterocycles. The van der Waals surface area contributed by atoms with Crippen LogP contribution in [0.15, 0.2) is 18.6 Å². The van der Waals surface area contributed by atoms with Gasteiger partial charge in [-0.05, 0) is 33.6 Å². The van der Waals surface area contributed by atoms with E-state index in [-0.39, 0.29) is 12.1 Å². The summed E-state index contributed by atoms with van der Waals surface area (Å²) in [6.07, 6.45) is 6.10. The van der Waals surface area contributed by atoms with E-state index < -0.39 is 5.60 Å². The average Bonchev–Trinajstić information content (AvgIpc) is 3.15. The average molecular weight is 369 g/mol. The fourth-order valence-corrected chi connectivity index (χ4v) is 2.84. The van der Waals surface area contributed by atoms with E-state index in [0.29, 0.717) is 30.4 Å². The summed E-state index contributed by atoms with van der Waals surface area (Å²) in [5, 5.41) is 9.95. The highest BCUT2D eigenvalue weighted by atomic mass is 16.6. The zero-order chi connectivity index (χ0) is 19.4. The molecule has 2 aromatic rings. The molecule has 1 amide bonds. The Morgan fingerprint density at radius 1 is 1.37 bits per heavy atom. The van der Waals surface area contributed by atoms with Crippen LogP contribution in [-0.2, 0) is 4.74 Å². The molecule has 2 N–H and O–H groups in total. The Labute approximate surface area is 158 Å². The van der Waals surface area contributed by atoms with Gasteiger partial charge in [0.25, 0.3) is 0 Å². The standard InChI is InChI=1S/C18H23N7O2/c1-18(2,3)27-17(26)25-7-5-13(6-8-25)23-16-20-11-14(19-4)15(24-16)12-9-21-22-10-12/h9-11,13H,5-8H2,1-3H3,(H,21,22)(H,20,23,24). The molecule has 0 unspecified atom stereocenters. The number of anilines is 1. The molecule has 0 atom stereocenters. The van der Waals surface area contributed by atoms with Gasteiger partial charge in [-0.3, -0.25) is 5.10 Å². The first-order valence-electron chi connectivity index (χ1n) is 8.84. The first-order valence-corrected chi connectivity index (χ1v) is 8.84. The molecule has 3 rings (SSSR count). The third-order valence-corrected chi connectivity index (χ3v) is 4.14. The van der Waals surface area contributed by atoms with Gasteiger partial charge in [-0.25, -0.2) is 19.6 Å². The summed E-state index contributed by atoms with van der Waals surface area (Å²) in [5.74, 6) is 0.467. The monoisotopic (exact) mass is 369 g/mol. The molecule has 0 spiro atoms. The minimum atomic E-state index is -0.492. The van der Waals surface area contributed by atoms with Crippen molar-refractivity contribution >= 4 is 17.7 Å². The van der Waals surface area contributed by atoms with E-state index in [0.717, 1.165) is 18.4 Å². The second-order valence-corrected chi connectivity index (χ2v) is 7.41. The maximum atomic E-state index is 12.1. The van der Waals surface area contributed by atoms with E-state index >= 15 is 0 Å². The SMILES string of the molecule is [C-]#[N+]c1cnc(NC2CCN(C(=O)OC(C)(C)C)CC2)nc1-c1cn[nH]c1. The third-order valence-electron chi connectivity index (χ3n) is 4.14. The van der Waals surface area contributed by atoms with Crippen LogP contribution in [0.4, 0.5) is 16.4 Å². The fraction of sp³-hybridized carbons (Fsp3) is 0.500. The number of hydrogen-bond acceptors (Lipinski definition) is 6. The molecule has 1 aliphatic rings. The molecule has 0 aromatic carbocycles. The van der Waals surface area contributed by atoms with Crippen molar-refractivity contribution in [3.8, 4) is 11.3 Å². The van der Waals surface area contributed by atoms with Gasteiger partial charge in [0.15, 0.2) is 0 Å². The zero-order valence-electron chi connectivity index (χ0n) is 15.7. The normalized spacial score (nSPS) is 15.3. The van der Waals surface area contributed by atoms with Crippen LogP contribution in [0.1, 0.15) is 33.6 Å². The second kappa shape index (κ2) is 7.61. The molecule has 3 heterocycles. The van der Waals surface area contributed by atoms with Gasteiger partial charge in [0.05, 0.1) is 18.5 Å². The van der Waals surface area contributed by atoms with E-state index in [4.69, 9.17) is 11.3 Å². The van der Waals surface area contributed by atoms with E-state index in [9.17, 15) is 4.79 Å². The predicted molar refractivity (Wildman–Crippen MR) is 100 cm³/mol. The predicted octanol–water partition coefficient (Wildman–Crippen LogP) is 3.23. The van der Waals surface area contributed by atoms with Crippen molar-refractivity contribution < 1.29 is 9.53 Å². The number of carbonyl (C=O) groups is 1. The number of amides is 1. The lowest BCUT2D eigenvalue weighted by Gasteiger charge is -2.33. The van der Waals surface area contributed by atoms with Crippen LogP contribution < -0.4 is 5.32 Å². The highest BCUT2D eigenvalue weighted by Gasteiger charge is 2.27. The number of ether oxygens (including phenoxy) is 1. The number of carbonyl (C=O) groups excluding carboxylic acids is 1. The van der Waals surface area contributed by atoms with Crippen LogP contribution >= 0.6 is 0 Å². The number of piperidine rings is 1. The number of aromatic amines is 1. The van der Waals surface area contributed by atoms with Crippen molar-refractivity contribution in [1.29, 1.82) is 0 Å². The zero-order valence-corrected chi connectivity index (χ0v) is 15.7. The molecular weight excluding hydrogens is 346 g/mol. The Hall–Kier alpha value is -3.15. The molecule has 0 radical (unpaired) electrons. The summed E-state index contributed by atoms with van der Waals surface area (Å²) in [5.41, 5.74) is 1.17. The number of rotatable bonds is 3. The van der Waals surface area contributed by atoms with Gasteiger partial charge in [-0.1, -0.05) is 0 Å². The summed E-state index contributed by atoms with van der Waals surface area (Å²) in [4.78, 5) is 26.1. The third kappa shape index (κ3) is 4.73. The van der Waals surface area contributed by atoms with Crippen molar-refractivity contribution in [2.24, 2.45) is 0 Å². The molecule has 142 valence electrons. The molecule has 1 aliphatic heterocycles. The van der Waals surface area contributed by atoms with Gasteiger partial charge in [-0.2, -0.15) is 5.10 Å². The Balaban J connectivity index is 1.62. The summed E-state index contributed by atoms with van der Waals surface area (Å²) in [7, 11) is 0. The first-order chi connectivity index (χ1) is 12.9. The van der Waals surface area contributed by atoms with Gasteiger partial charge < -0.3 is 15.0 Å². The van der Waals surface area contributed by atoms with Crippen LogP contribution in [0.3, 0.4) is 0 Å². The summed E-state index contributed by atoms with van der Waals surface area (Å²) < 4.78 is 5.42. The number of H-pyrrole nitrogens is 1. The first kappa shape index (κ1) is 18.6. The summed E-state index contributed by atoms with van der Waals surface area (Å²) >= 11 is 0. The van der Waals surface area contributed by atoms with Crippen LogP contribution in [0.5, 0.6) is 0 Å². The lowest BCUT2D eigenvalue weighted by molar-refractivity contribution is 0.0210. The van der Waals surface area contributed by atoms with Gasteiger partial charge in [0.2, 0.25) is 11.6 Å². The van der Waals surface area contributed by atoms with Gasteiger partial charge >= 0.3 is 6.09 Å². The smallest absolute Gasteiger partial charge is 0.410 e. The highest BCUT2D eigenvalue weighted by Crippen LogP contribution is 2.28. The Bertz CT molecular complexity index is 828. The minimum absolute atomic E-state index is 0.152. The molecule has 9 nitrogen and oxygen atoms in total. The van der Waals surface area contributed by atoms with Crippen molar-refractivity contribution in [3.63, 3.8) is 0 Å². The quantitative estimate of drug-likeness (QED) is 0.806.